The number of hydrogen-bond acceptors (Lipinski definition) is 5. The summed E-state index contributed by atoms with van der Waals surface area (Å²) in [6.45, 7) is 2.63. The van der Waals surface area contributed by atoms with Crippen molar-refractivity contribution in [2.24, 2.45) is 0 Å². The number of methoxy groups -OCH3 is 1. The highest BCUT2D eigenvalue weighted by Gasteiger charge is 2.28. The van der Waals surface area contributed by atoms with Crippen LogP contribution < -0.4 is 19.5 Å². The molecule has 0 saturated carbocycles. The molecule has 0 bridgehead atoms. The highest BCUT2D eigenvalue weighted by Crippen LogP contribution is 2.37. The Kier molecular flexibility index (Phi) is 5.67. The first kappa shape index (κ1) is 18.6. The lowest BCUT2D eigenvalue weighted by atomic mass is 10.0. The number of benzene rings is 2. The van der Waals surface area contributed by atoms with Crippen molar-refractivity contribution in [3.05, 3.63) is 48.0 Å². The summed E-state index contributed by atoms with van der Waals surface area (Å²) in [5, 5.41) is 2.97. The van der Waals surface area contributed by atoms with Crippen LogP contribution in [0.1, 0.15) is 30.9 Å². The van der Waals surface area contributed by atoms with Gasteiger partial charge in [0.05, 0.1) is 26.9 Å². The van der Waals surface area contributed by atoms with E-state index < -0.39 is 0 Å². The third-order valence-electron chi connectivity index (χ3n) is 5.22. The molecule has 2 aliphatic heterocycles. The second kappa shape index (κ2) is 8.52. The predicted molar refractivity (Wildman–Crippen MR) is 107 cm³/mol. The minimum atomic E-state index is -0.0190. The van der Waals surface area contributed by atoms with Crippen molar-refractivity contribution in [3.8, 4) is 17.2 Å². The standard InChI is InChI=1S/C22H26N2O4/c1-26-18-6-2-5-17(14-18)23-22(25)15-24-10-3-7-19(24)16-8-9-20-21(13-16)28-12-4-11-27-20/h2,5-6,8-9,13-14,19H,3-4,7,10-12,15H2,1H3,(H,23,25)/t19-/m1/s1. The fourth-order valence-corrected chi connectivity index (χ4v) is 3.87. The van der Waals surface area contributed by atoms with Crippen LogP contribution in [-0.4, -0.2) is 44.2 Å². The highest BCUT2D eigenvalue weighted by molar-refractivity contribution is 5.92. The number of rotatable bonds is 5. The van der Waals surface area contributed by atoms with Gasteiger partial charge in [-0.05, 0) is 49.2 Å². The van der Waals surface area contributed by atoms with Crippen LogP contribution in [0.15, 0.2) is 42.5 Å². The van der Waals surface area contributed by atoms with E-state index in [1.807, 2.05) is 30.3 Å². The Balaban J connectivity index is 1.43. The summed E-state index contributed by atoms with van der Waals surface area (Å²) in [5.74, 6) is 2.32. The maximum atomic E-state index is 12.6. The molecular weight excluding hydrogens is 356 g/mol. The van der Waals surface area contributed by atoms with Crippen LogP contribution in [0.3, 0.4) is 0 Å². The molecule has 0 radical (unpaired) electrons. The van der Waals surface area contributed by atoms with Crippen LogP contribution in [0.5, 0.6) is 17.2 Å². The van der Waals surface area contributed by atoms with E-state index in [9.17, 15) is 4.79 Å². The van der Waals surface area contributed by atoms with Crippen molar-refractivity contribution in [2.45, 2.75) is 25.3 Å². The van der Waals surface area contributed by atoms with Gasteiger partial charge in [0.25, 0.3) is 0 Å². The Morgan fingerprint density at radius 2 is 2.00 bits per heavy atom. The maximum absolute atomic E-state index is 12.6. The summed E-state index contributed by atoms with van der Waals surface area (Å²) in [6, 6.07) is 13.8. The second-order valence-electron chi connectivity index (χ2n) is 7.17. The lowest BCUT2D eigenvalue weighted by Crippen LogP contribution is -2.32. The summed E-state index contributed by atoms with van der Waals surface area (Å²) >= 11 is 0. The highest BCUT2D eigenvalue weighted by atomic mass is 16.5. The molecule has 0 aliphatic carbocycles. The number of fused-ring (bicyclic) bond motifs is 1. The molecule has 2 aromatic carbocycles. The van der Waals surface area contributed by atoms with E-state index in [0.717, 1.165) is 48.7 Å². The number of anilines is 1. The van der Waals surface area contributed by atoms with Gasteiger partial charge in [-0.25, -0.2) is 0 Å². The molecule has 1 fully saturated rings. The van der Waals surface area contributed by atoms with Crippen LogP contribution in [0.2, 0.25) is 0 Å². The zero-order chi connectivity index (χ0) is 19.3. The molecule has 1 atom stereocenters. The maximum Gasteiger partial charge on any atom is 0.238 e. The van der Waals surface area contributed by atoms with Gasteiger partial charge in [-0.15, -0.1) is 0 Å². The summed E-state index contributed by atoms with van der Waals surface area (Å²) in [7, 11) is 1.62. The third kappa shape index (κ3) is 4.22. The molecule has 1 amide bonds. The van der Waals surface area contributed by atoms with Crippen molar-refractivity contribution >= 4 is 11.6 Å². The monoisotopic (exact) mass is 382 g/mol. The minimum Gasteiger partial charge on any atom is -0.497 e. The predicted octanol–water partition coefficient (Wildman–Crippen LogP) is 3.63. The normalized spacial score (nSPS) is 19.1. The zero-order valence-electron chi connectivity index (χ0n) is 16.1. The van der Waals surface area contributed by atoms with Crippen molar-refractivity contribution < 1.29 is 19.0 Å². The molecule has 0 unspecified atom stereocenters. The zero-order valence-corrected chi connectivity index (χ0v) is 16.1. The minimum absolute atomic E-state index is 0.0190. The molecule has 1 N–H and O–H groups in total. The Morgan fingerprint density at radius 3 is 2.86 bits per heavy atom. The molecule has 0 aromatic heterocycles. The van der Waals surface area contributed by atoms with Gasteiger partial charge in [-0.2, -0.15) is 0 Å². The van der Waals surface area contributed by atoms with Crippen LogP contribution >= 0.6 is 0 Å². The fraction of sp³-hybridized carbons (Fsp3) is 0.409. The van der Waals surface area contributed by atoms with Gasteiger partial charge in [0.2, 0.25) is 5.91 Å². The van der Waals surface area contributed by atoms with E-state index in [0.29, 0.717) is 19.8 Å². The number of likely N-dealkylation sites (tertiary alicyclic amines) is 1. The second-order valence-corrected chi connectivity index (χ2v) is 7.17. The van der Waals surface area contributed by atoms with Gasteiger partial charge in [-0.1, -0.05) is 12.1 Å². The van der Waals surface area contributed by atoms with Crippen LogP contribution in [-0.2, 0) is 4.79 Å². The summed E-state index contributed by atoms with van der Waals surface area (Å²) in [5.41, 5.74) is 1.92. The van der Waals surface area contributed by atoms with Crippen LogP contribution in [0.25, 0.3) is 0 Å². The number of carbonyl (C=O) groups is 1. The largest absolute Gasteiger partial charge is 0.497 e. The smallest absolute Gasteiger partial charge is 0.238 e. The van der Waals surface area contributed by atoms with E-state index in [-0.39, 0.29) is 11.9 Å². The summed E-state index contributed by atoms with van der Waals surface area (Å²) in [4.78, 5) is 14.8. The molecule has 4 rings (SSSR count). The van der Waals surface area contributed by atoms with E-state index >= 15 is 0 Å². The fourth-order valence-electron chi connectivity index (χ4n) is 3.87. The molecule has 6 nitrogen and oxygen atoms in total. The van der Waals surface area contributed by atoms with Crippen molar-refractivity contribution in [3.63, 3.8) is 0 Å². The van der Waals surface area contributed by atoms with E-state index in [4.69, 9.17) is 14.2 Å². The molecular formula is C22H26N2O4. The van der Waals surface area contributed by atoms with E-state index in [1.54, 1.807) is 7.11 Å². The molecule has 0 spiro atoms. The summed E-state index contributed by atoms with van der Waals surface area (Å²) < 4.78 is 16.8. The molecule has 1 saturated heterocycles. The van der Waals surface area contributed by atoms with Crippen molar-refractivity contribution in [1.29, 1.82) is 0 Å². The lowest BCUT2D eigenvalue weighted by Gasteiger charge is -2.25. The quantitative estimate of drug-likeness (QED) is 0.856. The Morgan fingerprint density at radius 1 is 1.14 bits per heavy atom. The van der Waals surface area contributed by atoms with Crippen LogP contribution in [0, 0.1) is 0 Å². The van der Waals surface area contributed by atoms with E-state index in [2.05, 4.69) is 22.3 Å². The number of amides is 1. The molecule has 2 heterocycles. The number of nitrogens with one attached hydrogen (secondary N) is 1. The Labute approximate surface area is 165 Å². The average molecular weight is 382 g/mol. The van der Waals surface area contributed by atoms with Crippen molar-refractivity contribution in [1.82, 2.24) is 4.90 Å². The van der Waals surface area contributed by atoms with Gasteiger partial charge in [-0.3, -0.25) is 9.69 Å². The van der Waals surface area contributed by atoms with Gasteiger partial charge >= 0.3 is 0 Å². The van der Waals surface area contributed by atoms with Gasteiger partial charge in [0, 0.05) is 24.2 Å². The first-order valence-electron chi connectivity index (χ1n) is 9.80. The Hall–Kier alpha value is -2.73. The molecule has 2 aliphatic rings. The average Bonchev–Trinajstić information content (AvgIpc) is 3.03. The Bertz CT molecular complexity index is 839. The number of hydrogen-bond donors (Lipinski definition) is 1. The van der Waals surface area contributed by atoms with Gasteiger partial charge in [0.15, 0.2) is 11.5 Å². The lowest BCUT2D eigenvalue weighted by molar-refractivity contribution is -0.117. The van der Waals surface area contributed by atoms with Gasteiger partial charge in [0.1, 0.15) is 5.75 Å². The van der Waals surface area contributed by atoms with Crippen molar-refractivity contribution in [2.75, 3.05) is 38.7 Å². The molecule has 6 heteroatoms. The number of ether oxygens (including phenoxy) is 3. The SMILES string of the molecule is COc1cccc(NC(=O)CN2CCC[C@@H]2c2ccc3c(c2)OCCCO3)c1. The topological polar surface area (TPSA) is 60.0 Å². The first-order chi connectivity index (χ1) is 13.7. The van der Waals surface area contributed by atoms with E-state index in [1.165, 1.54) is 5.56 Å². The van der Waals surface area contributed by atoms with Crippen LogP contribution in [0.4, 0.5) is 5.69 Å². The first-order valence-corrected chi connectivity index (χ1v) is 9.80. The number of nitrogens with zero attached hydrogens (tertiary/aromatic N) is 1. The summed E-state index contributed by atoms with van der Waals surface area (Å²) in [6.07, 6.45) is 3.00. The molecule has 28 heavy (non-hydrogen) atoms. The van der Waals surface area contributed by atoms with Gasteiger partial charge < -0.3 is 19.5 Å². The number of carbonyl (C=O) groups excluding carboxylic acids is 1. The third-order valence-corrected chi connectivity index (χ3v) is 5.22. The molecule has 2 aromatic rings. The molecule has 148 valence electrons.